The van der Waals surface area contributed by atoms with Crippen molar-refractivity contribution in [2.45, 2.75) is 20.3 Å². The molecule has 0 bridgehead atoms. The lowest BCUT2D eigenvalue weighted by Crippen LogP contribution is -1.77. The molecular formula is C8H11NS. The molecule has 0 aliphatic carbocycles. The third-order valence-electron chi connectivity index (χ3n) is 1.40. The first kappa shape index (κ1) is 7.48. The van der Waals surface area contributed by atoms with Crippen LogP contribution in [0.2, 0.25) is 0 Å². The zero-order valence-electron chi connectivity index (χ0n) is 6.35. The molecule has 0 saturated heterocycles. The number of hydrogen-bond acceptors (Lipinski definition) is 2. The van der Waals surface area contributed by atoms with Crippen LogP contribution < -0.4 is 0 Å². The Labute approximate surface area is 65.4 Å². The molecule has 0 saturated carbocycles. The Morgan fingerprint density at radius 2 is 2.40 bits per heavy atom. The number of rotatable bonds is 2. The van der Waals surface area contributed by atoms with Gasteiger partial charge in [0, 0.05) is 4.88 Å². The smallest absolute Gasteiger partial charge is 0.115 e. The van der Waals surface area contributed by atoms with E-state index < -0.39 is 0 Å². The second-order valence-corrected chi connectivity index (χ2v) is 3.23. The van der Waals surface area contributed by atoms with Crippen LogP contribution in [-0.2, 0) is 6.42 Å². The summed E-state index contributed by atoms with van der Waals surface area (Å²) in [5.41, 5.74) is 1.16. The first-order chi connectivity index (χ1) is 4.77. The fraction of sp³-hybridized carbons (Fsp3) is 0.375. The lowest BCUT2D eigenvalue weighted by atomic mass is 10.3. The molecule has 1 rings (SSSR count). The highest BCUT2D eigenvalue weighted by atomic mass is 32.1. The topological polar surface area (TPSA) is 12.9 Å². The second kappa shape index (κ2) is 2.97. The average Bonchev–Trinajstić information content (AvgIpc) is 2.30. The molecule has 0 aromatic carbocycles. The summed E-state index contributed by atoms with van der Waals surface area (Å²) < 4.78 is 0. The van der Waals surface area contributed by atoms with Gasteiger partial charge in [0.1, 0.15) is 5.01 Å². The first-order valence-electron chi connectivity index (χ1n) is 3.36. The molecule has 1 heterocycles. The van der Waals surface area contributed by atoms with Gasteiger partial charge in [-0.3, -0.25) is 0 Å². The molecule has 1 nitrogen and oxygen atoms in total. The van der Waals surface area contributed by atoms with Crippen LogP contribution in [-0.4, -0.2) is 4.98 Å². The minimum atomic E-state index is 1.04. The average molecular weight is 153 g/mol. The molecule has 0 aliphatic rings. The molecule has 0 N–H and O–H groups in total. The first-order valence-corrected chi connectivity index (χ1v) is 4.18. The quantitative estimate of drug-likeness (QED) is 0.636. The highest BCUT2D eigenvalue weighted by molar-refractivity contribution is 7.12. The zero-order valence-corrected chi connectivity index (χ0v) is 7.16. The van der Waals surface area contributed by atoms with Crippen molar-refractivity contribution < 1.29 is 0 Å². The van der Waals surface area contributed by atoms with Crippen molar-refractivity contribution in [3.63, 3.8) is 0 Å². The van der Waals surface area contributed by atoms with Crippen LogP contribution in [0.15, 0.2) is 6.58 Å². The van der Waals surface area contributed by atoms with Gasteiger partial charge in [0.25, 0.3) is 0 Å². The Morgan fingerprint density at radius 3 is 2.70 bits per heavy atom. The van der Waals surface area contributed by atoms with E-state index in [2.05, 4.69) is 18.5 Å². The fourth-order valence-corrected chi connectivity index (χ4v) is 1.72. The molecule has 0 radical (unpaired) electrons. The van der Waals surface area contributed by atoms with Crippen molar-refractivity contribution in [1.82, 2.24) is 4.98 Å². The summed E-state index contributed by atoms with van der Waals surface area (Å²) in [5, 5.41) is 1.04. The van der Waals surface area contributed by atoms with Crippen molar-refractivity contribution in [3.05, 3.63) is 22.2 Å². The van der Waals surface area contributed by atoms with Gasteiger partial charge in [0.15, 0.2) is 0 Å². The third-order valence-corrected chi connectivity index (χ3v) is 2.70. The normalized spacial score (nSPS) is 9.80. The van der Waals surface area contributed by atoms with Gasteiger partial charge in [-0.15, -0.1) is 11.3 Å². The van der Waals surface area contributed by atoms with Crippen LogP contribution in [0.5, 0.6) is 0 Å². The van der Waals surface area contributed by atoms with Crippen molar-refractivity contribution in [2.24, 2.45) is 0 Å². The van der Waals surface area contributed by atoms with E-state index in [0.29, 0.717) is 0 Å². The molecule has 0 fully saturated rings. The Balaban J connectivity index is 3.03. The van der Waals surface area contributed by atoms with Crippen molar-refractivity contribution in [3.8, 4) is 0 Å². The summed E-state index contributed by atoms with van der Waals surface area (Å²) >= 11 is 1.73. The van der Waals surface area contributed by atoms with Gasteiger partial charge in [-0.05, 0) is 19.4 Å². The van der Waals surface area contributed by atoms with E-state index in [0.717, 1.165) is 17.1 Å². The van der Waals surface area contributed by atoms with Gasteiger partial charge in [0.05, 0.1) is 5.69 Å². The van der Waals surface area contributed by atoms with Gasteiger partial charge < -0.3 is 0 Å². The standard InChI is InChI=1S/C8H11NS/c1-4-7-6(3)9-8(5-2)10-7/h5H,2,4H2,1,3H3. The van der Waals surface area contributed by atoms with Crippen molar-refractivity contribution >= 4 is 17.4 Å². The number of nitrogens with zero attached hydrogens (tertiary/aromatic N) is 1. The van der Waals surface area contributed by atoms with E-state index in [1.165, 1.54) is 4.88 Å². The largest absolute Gasteiger partial charge is 0.242 e. The molecule has 0 amide bonds. The molecule has 0 unspecified atom stereocenters. The van der Waals surface area contributed by atoms with Crippen molar-refractivity contribution in [2.75, 3.05) is 0 Å². The highest BCUT2D eigenvalue weighted by Gasteiger charge is 2.01. The second-order valence-electron chi connectivity index (χ2n) is 2.12. The van der Waals surface area contributed by atoms with Gasteiger partial charge in [-0.25, -0.2) is 4.98 Å². The van der Waals surface area contributed by atoms with Gasteiger partial charge in [-0.1, -0.05) is 13.5 Å². The summed E-state index contributed by atoms with van der Waals surface area (Å²) in [4.78, 5) is 5.67. The molecule has 0 atom stereocenters. The van der Waals surface area contributed by atoms with E-state index in [-0.39, 0.29) is 0 Å². The van der Waals surface area contributed by atoms with E-state index in [9.17, 15) is 0 Å². The summed E-state index contributed by atoms with van der Waals surface area (Å²) in [5.74, 6) is 0. The Kier molecular flexibility index (Phi) is 2.22. The van der Waals surface area contributed by atoms with Gasteiger partial charge in [-0.2, -0.15) is 0 Å². The predicted octanol–water partition coefficient (Wildman–Crippen LogP) is 2.66. The molecule has 10 heavy (non-hydrogen) atoms. The van der Waals surface area contributed by atoms with Crippen LogP contribution >= 0.6 is 11.3 Å². The Morgan fingerprint density at radius 1 is 1.70 bits per heavy atom. The summed E-state index contributed by atoms with van der Waals surface area (Å²) in [7, 11) is 0. The van der Waals surface area contributed by atoms with Crippen LogP contribution in [0.4, 0.5) is 0 Å². The molecule has 2 heteroatoms. The number of aryl methyl sites for hydroxylation is 2. The summed E-state index contributed by atoms with van der Waals surface area (Å²) in [6.07, 6.45) is 2.88. The Bertz CT molecular complexity index is 237. The maximum atomic E-state index is 4.30. The maximum Gasteiger partial charge on any atom is 0.115 e. The summed E-state index contributed by atoms with van der Waals surface area (Å²) in [6, 6.07) is 0. The maximum absolute atomic E-state index is 4.30. The van der Waals surface area contributed by atoms with Crippen LogP contribution in [0.3, 0.4) is 0 Å². The number of thiazole rings is 1. The highest BCUT2D eigenvalue weighted by Crippen LogP contribution is 2.18. The van der Waals surface area contributed by atoms with E-state index in [1.54, 1.807) is 17.4 Å². The van der Waals surface area contributed by atoms with Gasteiger partial charge >= 0.3 is 0 Å². The lowest BCUT2D eigenvalue weighted by molar-refractivity contribution is 1.11. The molecule has 1 aromatic heterocycles. The summed E-state index contributed by atoms with van der Waals surface area (Å²) in [6.45, 7) is 7.86. The SMILES string of the molecule is C=Cc1nc(C)c(CC)s1. The zero-order chi connectivity index (χ0) is 7.56. The van der Waals surface area contributed by atoms with Crippen molar-refractivity contribution in [1.29, 1.82) is 0 Å². The van der Waals surface area contributed by atoms with E-state index in [4.69, 9.17) is 0 Å². The number of aromatic nitrogens is 1. The van der Waals surface area contributed by atoms with E-state index in [1.807, 2.05) is 6.92 Å². The van der Waals surface area contributed by atoms with Crippen LogP contribution in [0.1, 0.15) is 22.5 Å². The molecule has 0 spiro atoms. The predicted molar refractivity (Wildman–Crippen MR) is 46.3 cm³/mol. The van der Waals surface area contributed by atoms with Crippen LogP contribution in [0.25, 0.3) is 6.08 Å². The Hall–Kier alpha value is -0.630. The molecule has 1 aromatic rings. The molecule has 54 valence electrons. The molecular weight excluding hydrogens is 142 g/mol. The fourth-order valence-electron chi connectivity index (χ4n) is 0.866. The molecule has 0 aliphatic heterocycles. The number of hydrogen-bond donors (Lipinski definition) is 0. The third kappa shape index (κ3) is 1.27. The van der Waals surface area contributed by atoms with E-state index >= 15 is 0 Å². The minimum absolute atomic E-state index is 1.04. The van der Waals surface area contributed by atoms with Gasteiger partial charge in [0.2, 0.25) is 0 Å². The monoisotopic (exact) mass is 153 g/mol. The van der Waals surface area contributed by atoms with Crippen LogP contribution in [0, 0.1) is 6.92 Å². The lowest BCUT2D eigenvalue weighted by Gasteiger charge is -1.85. The minimum Gasteiger partial charge on any atom is -0.242 e.